The maximum atomic E-state index is 12.0. The molecular formula is C17H21N3O3S. The Morgan fingerprint density at radius 3 is 2.38 bits per heavy atom. The molecule has 0 bridgehead atoms. The summed E-state index contributed by atoms with van der Waals surface area (Å²) in [5, 5.41) is 2.98. The zero-order valence-corrected chi connectivity index (χ0v) is 14.8. The van der Waals surface area contributed by atoms with E-state index in [0.29, 0.717) is 29.1 Å². The van der Waals surface area contributed by atoms with Crippen molar-refractivity contribution in [2.45, 2.75) is 18.7 Å². The number of carbonyl (C=O) groups is 1. The van der Waals surface area contributed by atoms with Crippen molar-refractivity contribution in [1.29, 1.82) is 0 Å². The van der Waals surface area contributed by atoms with Crippen LogP contribution in [0.25, 0.3) is 0 Å². The SMILES string of the molecule is COc1cc(OC)nc(CSCC(=O)N[C@H](C)c2ccccc2)n1. The second-order valence-corrected chi connectivity index (χ2v) is 6.05. The topological polar surface area (TPSA) is 73.3 Å². The normalized spacial score (nSPS) is 11.6. The number of nitrogens with zero attached hydrogens (tertiary/aromatic N) is 2. The standard InChI is InChI=1S/C17H21N3O3S/c1-12(13-7-5-4-6-8-13)18-15(21)11-24-10-14-19-16(22-2)9-17(20-14)23-3/h4-9,12H,10-11H2,1-3H3,(H,18,21)/t12-/m1/s1. The molecule has 0 radical (unpaired) electrons. The maximum Gasteiger partial charge on any atom is 0.230 e. The Labute approximate surface area is 146 Å². The van der Waals surface area contributed by atoms with Gasteiger partial charge in [-0.2, -0.15) is 9.97 Å². The molecule has 1 aromatic carbocycles. The van der Waals surface area contributed by atoms with Crippen LogP contribution >= 0.6 is 11.8 Å². The number of methoxy groups -OCH3 is 2. The van der Waals surface area contributed by atoms with E-state index in [1.54, 1.807) is 6.07 Å². The fourth-order valence-corrected chi connectivity index (χ4v) is 2.75. The van der Waals surface area contributed by atoms with Crippen molar-refractivity contribution in [2.24, 2.45) is 0 Å². The van der Waals surface area contributed by atoms with E-state index in [0.717, 1.165) is 5.56 Å². The van der Waals surface area contributed by atoms with Crippen molar-refractivity contribution in [3.8, 4) is 11.8 Å². The zero-order chi connectivity index (χ0) is 17.4. The van der Waals surface area contributed by atoms with Crippen molar-refractivity contribution in [3.63, 3.8) is 0 Å². The van der Waals surface area contributed by atoms with E-state index in [-0.39, 0.29) is 11.9 Å². The Morgan fingerprint density at radius 1 is 1.17 bits per heavy atom. The number of rotatable bonds is 8. The smallest absolute Gasteiger partial charge is 0.230 e. The quantitative estimate of drug-likeness (QED) is 0.791. The molecule has 24 heavy (non-hydrogen) atoms. The summed E-state index contributed by atoms with van der Waals surface area (Å²) in [5.74, 6) is 2.27. The van der Waals surface area contributed by atoms with Crippen LogP contribution in [0.5, 0.6) is 11.8 Å². The van der Waals surface area contributed by atoms with Crippen LogP contribution in [-0.4, -0.2) is 35.8 Å². The summed E-state index contributed by atoms with van der Waals surface area (Å²) in [7, 11) is 3.08. The van der Waals surface area contributed by atoms with E-state index in [9.17, 15) is 4.79 Å². The van der Waals surface area contributed by atoms with Gasteiger partial charge in [-0.3, -0.25) is 4.79 Å². The first-order valence-electron chi connectivity index (χ1n) is 7.50. The number of thioether (sulfide) groups is 1. The lowest BCUT2D eigenvalue weighted by atomic mass is 10.1. The molecule has 6 nitrogen and oxygen atoms in total. The van der Waals surface area contributed by atoms with Crippen molar-refractivity contribution in [1.82, 2.24) is 15.3 Å². The van der Waals surface area contributed by atoms with Crippen LogP contribution in [0.1, 0.15) is 24.4 Å². The van der Waals surface area contributed by atoms with Gasteiger partial charge in [-0.05, 0) is 12.5 Å². The van der Waals surface area contributed by atoms with Crippen molar-refractivity contribution in [3.05, 3.63) is 47.8 Å². The summed E-state index contributed by atoms with van der Waals surface area (Å²) in [4.78, 5) is 20.5. The van der Waals surface area contributed by atoms with Crippen LogP contribution in [0.15, 0.2) is 36.4 Å². The summed E-state index contributed by atoms with van der Waals surface area (Å²) in [6.45, 7) is 1.97. The second kappa shape index (κ2) is 9.12. The Morgan fingerprint density at radius 2 is 1.79 bits per heavy atom. The average molecular weight is 347 g/mol. The van der Waals surface area contributed by atoms with Crippen molar-refractivity contribution in [2.75, 3.05) is 20.0 Å². The van der Waals surface area contributed by atoms with E-state index in [1.807, 2.05) is 37.3 Å². The molecule has 2 rings (SSSR count). The Balaban J connectivity index is 1.82. The highest BCUT2D eigenvalue weighted by Crippen LogP contribution is 2.18. The van der Waals surface area contributed by atoms with Gasteiger partial charge in [0.05, 0.1) is 37.8 Å². The number of benzene rings is 1. The van der Waals surface area contributed by atoms with Crippen LogP contribution < -0.4 is 14.8 Å². The number of hydrogen-bond donors (Lipinski definition) is 1. The molecule has 1 heterocycles. The molecule has 0 aliphatic rings. The molecule has 0 unspecified atom stereocenters. The van der Waals surface area contributed by atoms with Gasteiger partial charge in [-0.15, -0.1) is 11.8 Å². The molecule has 0 fully saturated rings. The molecule has 0 saturated carbocycles. The lowest BCUT2D eigenvalue weighted by Crippen LogP contribution is -2.28. The first-order valence-corrected chi connectivity index (χ1v) is 8.66. The highest BCUT2D eigenvalue weighted by Gasteiger charge is 2.10. The predicted molar refractivity (Wildman–Crippen MR) is 94.3 cm³/mol. The summed E-state index contributed by atoms with van der Waals surface area (Å²) in [6, 6.07) is 11.5. The molecule has 7 heteroatoms. The summed E-state index contributed by atoms with van der Waals surface area (Å²) >= 11 is 1.44. The first-order chi connectivity index (χ1) is 11.6. The zero-order valence-electron chi connectivity index (χ0n) is 14.0. The second-order valence-electron chi connectivity index (χ2n) is 5.06. The molecule has 1 atom stereocenters. The molecule has 0 aliphatic carbocycles. The largest absolute Gasteiger partial charge is 0.481 e. The fourth-order valence-electron chi connectivity index (χ4n) is 2.07. The third-order valence-corrected chi connectivity index (χ3v) is 4.21. The van der Waals surface area contributed by atoms with Gasteiger partial charge in [-0.25, -0.2) is 0 Å². The molecule has 1 N–H and O–H groups in total. The Bertz CT molecular complexity index is 645. The van der Waals surface area contributed by atoms with Crippen LogP contribution in [0.4, 0.5) is 0 Å². The van der Waals surface area contributed by atoms with Gasteiger partial charge in [0.15, 0.2) is 0 Å². The van der Waals surface area contributed by atoms with Gasteiger partial charge in [0.25, 0.3) is 0 Å². The summed E-state index contributed by atoms with van der Waals surface area (Å²) in [5.41, 5.74) is 1.08. The minimum atomic E-state index is -0.0220. The van der Waals surface area contributed by atoms with E-state index in [4.69, 9.17) is 9.47 Å². The maximum absolute atomic E-state index is 12.0. The van der Waals surface area contributed by atoms with Crippen LogP contribution in [0.3, 0.4) is 0 Å². The molecule has 0 spiro atoms. The third kappa shape index (κ3) is 5.42. The Hall–Kier alpha value is -2.28. The summed E-state index contributed by atoms with van der Waals surface area (Å²) < 4.78 is 10.2. The van der Waals surface area contributed by atoms with Crippen LogP contribution in [0, 0.1) is 0 Å². The van der Waals surface area contributed by atoms with Gasteiger partial charge >= 0.3 is 0 Å². The average Bonchev–Trinajstić information content (AvgIpc) is 2.62. The van der Waals surface area contributed by atoms with Crippen molar-refractivity contribution >= 4 is 17.7 Å². The fraction of sp³-hybridized carbons (Fsp3) is 0.353. The predicted octanol–water partition coefficient (Wildman–Crippen LogP) is 2.60. The highest BCUT2D eigenvalue weighted by molar-refractivity contribution is 7.99. The first kappa shape index (κ1) is 18.1. The Kier molecular flexibility index (Phi) is 6.87. The van der Waals surface area contributed by atoms with Gasteiger partial charge in [-0.1, -0.05) is 30.3 Å². The van der Waals surface area contributed by atoms with E-state index >= 15 is 0 Å². The number of amides is 1. The van der Waals surface area contributed by atoms with Crippen LogP contribution in [-0.2, 0) is 10.5 Å². The molecule has 2 aromatic rings. The van der Waals surface area contributed by atoms with E-state index < -0.39 is 0 Å². The molecular weight excluding hydrogens is 326 g/mol. The monoisotopic (exact) mass is 347 g/mol. The minimum absolute atomic E-state index is 0.0209. The number of aromatic nitrogens is 2. The van der Waals surface area contributed by atoms with Gasteiger partial charge < -0.3 is 14.8 Å². The highest BCUT2D eigenvalue weighted by atomic mass is 32.2. The number of hydrogen-bond acceptors (Lipinski definition) is 6. The van der Waals surface area contributed by atoms with Crippen molar-refractivity contribution < 1.29 is 14.3 Å². The molecule has 1 aromatic heterocycles. The lowest BCUT2D eigenvalue weighted by molar-refractivity contribution is -0.119. The molecule has 0 aliphatic heterocycles. The van der Waals surface area contributed by atoms with Gasteiger partial charge in [0.2, 0.25) is 17.7 Å². The number of carbonyl (C=O) groups excluding carboxylic acids is 1. The number of nitrogens with one attached hydrogen (secondary N) is 1. The van der Waals surface area contributed by atoms with Crippen LogP contribution in [0.2, 0.25) is 0 Å². The lowest BCUT2D eigenvalue weighted by Gasteiger charge is -2.14. The molecule has 1 amide bonds. The molecule has 0 saturated heterocycles. The van der Waals surface area contributed by atoms with Gasteiger partial charge in [0.1, 0.15) is 5.82 Å². The van der Waals surface area contributed by atoms with Gasteiger partial charge in [0, 0.05) is 0 Å². The molecule has 128 valence electrons. The van der Waals surface area contributed by atoms with E-state index in [1.165, 1.54) is 26.0 Å². The summed E-state index contributed by atoms with van der Waals surface area (Å²) in [6.07, 6.45) is 0. The van der Waals surface area contributed by atoms with E-state index in [2.05, 4.69) is 15.3 Å². The third-order valence-electron chi connectivity index (χ3n) is 3.29. The number of ether oxygens (including phenoxy) is 2. The minimum Gasteiger partial charge on any atom is -0.481 e.